The monoisotopic (exact) mass is 491 g/mol. The highest BCUT2D eigenvalue weighted by Gasteiger charge is 2.32. The summed E-state index contributed by atoms with van der Waals surface area (Å²) < 4.78 is 28.8. The largest absolute Gasteiger partial charge is 0.343 e. The molecule has 1 atom stereocenters. The van der Waals surface area contributed by atoms with Crippen LogP contribution in [0.3, 0.4) is 0 Å². The van der Waals surface area contributed by atoms with Gasteiger partial charge >= 0.3 is 0 Å². The van der Waals surface area contributed by atoms with Crippen LogP contribution in [0.2, 0.25) is 0 Å². The number of carbonyl (C=O) groups is 2. The summed E-state index contributed by atoms with van der Waals surface area (Å²) in [5, 5.41) is 0. The Bertz CT molecular complexity index is 1010. The number of nitrogens with one attached hydrogen (secondary N) is 1. The normalized spacial score (nSPS) is 20.0. The van der Waals surface area contributed by atoms with E-state index < -0.39 is 10.0 Å². The molecule has 2 amide bonds. The van der Waals surface area contributed by atoms with E-state index in [0.29, 0.717) is 36.7 Å². The molecule has 0 radical (unpaired) electrons. The zero-order chi connectivity index (χ0) is 25.2. The molecule has 1 aromatic carbocycles. The lowest BCUT2D eigenvalue weighted by Crippen LogP contribution is -2.47. The van der Waals surface area contributed by atoms with Crippen LogP contribution < -0.4 is 4.72 Å². The molecule has 3 rings (SSSR count). The molecule has 2 aliphatic rings. The highest BCUT2D eigenvalue weighted by Crippen LogP contribution is 2.29. The average Bonchev–Trinajstić information content (AvgIpc) is 2.81. The number of carbonyl (C=O) groups excluding carboxylic acids is 2. The van der Waals surface area contributed by atoms with E-state index >= 15 is 0 Å². The van der Waals surface area contributed by atoms with Crippen molar-refractivity contribution in [2.24, 2.45) is 11.8 Å². The lowest BCUT2D eigenvalue weighted by Gasteiger charge is -2.37. The Balaban J connectivity index is 1.52. The number of likely N-dealkylation sites (tertiary alicyclic amines) is 2. The van der Waals surface area contributed by atoms with E-state index in [1.807, 2.05) is 39.5 Å². The van der Waals surface area contributed by atoms with Gasteiger partial charge in [0, 0.05) is 45.1 Å². The Kier molecular flexibility index (Phi) is 8.45. The molecule has 8 heteroatoms. The summed E-state index contributed by atoms with van der Waals surface area (Å²) >= 11 is 0. The number of sulfonamides is 1. The van der Waals surface area contributed by atoms with Gasteiger partial charge < -0.3 is 9.80 Å². The van der Waals surface area contributed by atoms with Gasteiger partial charge in [0.1, 0.15) is 0 Å². The lowest BCUT2D eigenvalue weighted by atomic mass is 9.92. The van der Waals surface area contributed by atoms with Crippen LogP contribution in [0.25, 0.3) is 0 Å². The zero-order valence-electron chi connectivity index (χ0n) is 21.7. The molecule has 34 heavy (non-hydrogen) atoms. The van der Waals surface area contributed by atoms with Crippen LogP contribution in [-0.2, 0) is 19.6 Å². The number of piperidine rings is 2. The predicted octanol–water partition coefficient (Wildman–Crippen LogP) is 3.39. The number of hydrogen-bond acceptors (Lipinski definition) is 4. The van der Waals surface area contributed by atoms with Gasteiger partial charge in [-0.1, -0.05) is 6.92 Å². The number of benzene rings is 1. The molecule has 2 saturated heterocycles. The molecule has 1 aromatic rings. The van der Waals surface area contributed by atoms with E-state index in [1.165, 1.54) is 6.42 Å². The standard InChI is InChI=1S/C26H41N3O4S/c1-17-8-7-13-29(16-17)26(31)23-10-14-28(15-11-23)24(30)9-12-27-34(32,33)25-21(5)19(3)18(2)20(4)22(25)6/h17,23,27H,7-16H2,1-6H3. The molecule has 2 fully saturated rings. The third-order valence-corrected chi connectivity index (χ3v) is 9.73. The minimum absolute atomic E-state index is 0.00757. The Morgan fingerprint density at radius 1 is 0.853 bits per heavy atom. The van der Waals surface area contributed by atoms with Crippen LogP contribution in [0, 0.1) is 46.5 Å². The highest BCUT2D eigenvalue weighted by atomic mass is 32.2. The number of amides is 2. The fraction of sp³-hybridized carbons (Fsp3) is 0.692. The summed E-state index contributed by atoms with van der Waals surface area (Å²) in [6.07, 6.45) is 3.73. The van der Waals surface area contributed by atoms with E-state index in [2.05, 4.69) is 11.6 Å². The lowest BCUT2D eigenvalue weighted by molar-refractivity contribution is -0.142. The summed E-state index contributed by atoms with van der Waals surface area (Å²) in [6, 6.07) is 0. The van der Waals surface area contributed by atoms with Crippen LogP contribution in [0.15, 0.2) is 4.90 Å². The van der Waals surface area contributed by atoms with Crippen molar-refractivity contribution in [1.82, 2.24) is 14.5 Å². The first-order chi connectivity index (χ1) is 15.9. The molecule has 1 N–H and O–H groups in total. The molecular formula is C26H41N3O4S. The van der Waals surface area contributed by atoms with Crippen LogP contribution in [-0.4, -0.2) is 62.8 Å². The number of hydrogen-bond donors (Lipinski definition) is 1. The quantitative estimate of drug-likeness (QED) is 0.661. The first kappa shape index (κ1) is 26.7. The summed E-state index contributed by atoms with van der Waals surface area (Å²) in [5.41, 5.74) is 4.59. The van der Waals surface area contributed by atoms with Gasteiger partial charge in [0.2, 0.25) is 21.8 Å². The van der Waals surface area contributed by atoms with Crippen LogP contribution in [0.4, 0.5) is 0 Å². The maximum Gasteiger partial charge on any atom is 0.241 e. The summed E-state index contributed by atoms with van der Waals surface area (Å²) in [6.45, 7) is 14.6. The molecule has 7 nitrogen and oxygen atoms in total. The zero-order valence-corrected chi connectivity index (χ0v) is 22.5. The predicted molar refractivity (Wildman–Crippen MR) is 134 cm³/mol. The van der Waals surface area contributed by atoms with Gasteiger partial charge in [-0.3, -0.25) is 9.59 Å². The topological polar surface area (TPSA) is 86.8 Å². The van der Waals surface area contributed by atoms with Gasteiger partial charge in [-0.15, -0.1) is 0 Å². The molecule has 0 saturated carbocycles. The van der Waals surface area contributed by atoms with Crippen molar-refractivity contribution in [2.75, 3.05) is 32.7 Å². The second kappa shape index (κ2) is 10.8. The Hall–Kier alpha value is -1.93. The smallest absolute Gasteiger partial charge is 0.241 e. The molecule has 1 unspecified atom stereocenters. The number of nitrogens with zero attached hydrogens (tertiary/aromatic N) is 2. The van der Waals surface area contributed by atoms with Gasteiger partial charge in [-0.25, -0.2) is 13.1 Å². The van der Waals surface area contributed by atoms with Crippen LogP contribution in [0.1, 0.15) is 66.8 Å². The molecule has 2 aliphatic heterocycles. The highest BCUT2D eigenvalue weighted by molar-refractivity contribution is 7.89. The maximum absolute atomic E-state index is 13.1. The third-order valence-electron chi connectivity index (χ3n) is 8.00. The maximum atomic E-state index is 13.1. The molecule has 0 spiro atoms. The van der Waals surface area contributed by atoms with Gasteiger partial charge in [0.05, 0.1) is 4.90 Å². The molecular weight excluding hydrogens is 450 g/mol. The Morgan fingerprint density at radius 3 is 1.97 bits per heavy atom. The Labute approximate surface area is 205 Å². The molecule has 190 valence electrons. The van der Waals surface area contributed by atoms with Crippen molar-refractivity contribution in [3.8, 4) is 0 Å². The fourth-order valence-corrected chi connectivity index (χ4v) is 7.04. The van der Waals surface area contributed by atoms with Crippen molar-refractivity contribution in [3.63, 3.8) is 0 Å². The van der Waals surface area contributed by atoms with Crippen molar-refractivity contribution >= 4 is 21.8 Å². The minimum Gasteiger partial charge on any atom is -0.343 e. The number of rotatable bonds is 6. The van der Waals surface area contributed by atoms with E-state index in [4.69, 9.17) is 0 Å². The van der Waals surface area contributed by atoms with Gasteiger partial charge in [-0.05, 0) is 94.0 Å². The SMILES string of the molecule is Cc1c(C)c(C)c(S(=O)(=O)NCCC(=O)N2CCC(C(=O)N3CCCC(C)C3)CC2)c(C)c1C. The van der Waals surface area contributed by atoms with Crippen LogP contribution in [0.5, 0.6) is 0 Å². The van der Waals surface area contributed by atoms with Crippen molar-refractivity contribution in [2.45, 2.75) is 78.5 Å². The fourth-order valence-electron chi connectivity index (χ4n) is 5.41. The van der Waals surface area contributed by atoms with E-state index in [1.54, 1.807) is 4.90 Å². The molecule has 0 aromatic heterocycles. The van der Waals surface area contributed by atoms with Crippen LogP contribution >= 0.6 is 0 Å². The van der Waals surface area contributed by atoms with Crippen molar-refractivity contribution in [1.29, 1.82) is 0 Å². The second-order valence-corrected chi connectivity index (χ2v) is 12.0. The minimum atomic E-state index is -3.72. The van der Waals surface area contributed by atoms with E-state index in [9.17, 15) is 18.0 Å². The second-order valence-electron chi connectivity index (χ2n) is 10.3. The summed E-state index contributed by atoms with van der Waals surface area (Å²) in [7, 11) is -3.72. The first-order valence-corrected chi connectivity index (χ1v) is 14.1. The van der Waals surface area contributed by atoms with Gasteiger partial charge in [0.15, 0.2) is 0 Å². The average molecular weight is 492 g/mol. The molecule has 2 heterocycles. The van der Waals surface area contributed by atoms with Crippen molar-refractivity contribution < 1.29 is 18.0 Å². The first-order valence-electron chi connectivity index (χ1n) is 12.6. The van der Waals surface area contributed by atoms with Crippen molar-refractivity contribution in [3.05, 3.63) is 27.8 Å². The third kappa shape index (κ3) is 5.65. The van der Waals surface area contributed by atoms with E-state index in [0.717, 1.165) is 47.3 Å². The van der Waals surface area contributed by atoms with Gasteiger partial charge in [0.25, 0.3) is 0 Å². The Morgan fingerprint density at radius 2 is 1.41 bits per heavy atom. The van der Waals surface area contributed by atoms with E-state index in [-0.39, 0.29) is 30.7 Å². The summed E-state index contributed by atoms with van der Waals surface area (Å²) in [4.78, 5) is 29.7. The summed E-state index contributed by atoms with van der Waals surface area (Å²) in [5.74, 6) is 0.723. The molecule has 0 aliphatic carbocycles. The van der Waals surface area contributed by atoms with Gasteiger partial charge in [-0.2, -0.15) is 0 Å². The molecule has 0 bridgehead atoms.